The molecule has 0 radical (unpaired) electrons. The SMILES string of the molecule is C=C(C)CCC(NCC)c1cc(Cl)ccc1F. The number of benzene rings is 1. The summed E-state index contributed by atoms with van der Waals surface area (Å²) in [6, 6.07) is 4.68. The second kappa shape index (κ2) is 6.77. The van der Waals surface area contributed by atoms with E-state index in [9.17, 15) is 4.39 Å². The van der Waals surface area contributed by atoms with Gasteiger partial charge in [0.1, 0.15) is 5.82 Å². The van der Waals surface area contributed by atoms with E-state index in [-0.39, 0.29) is 11.9 Å². The summed E-state index contributed by atoms with van der Waals surface area (Å²) in [7, 11) is 0. The molecule has 1 atom stereocenters. The molecule has 94 valence electrons. The van der Waals surface area contributed by atoms with Gasteiger partial charge in [-0.25, -0.2) is 4.39 Å². The van der Waals surface area contributed by atoms with Crippen molar-refractivity contribution in [2.45, 2.75) is 32.7 Å². The minimum absolute atomic E-state index is 0.00426. The average molecular weight is 256 g/mol. The van der Waals surface area contributed by atoms with Crippen molar-refractivity contribution in [1.29, 1.82) is 0 Å². The quantitative estimate of drug-likeness (QED) is 0.739. The summed E-state index contributed by atoms with van der Waals surface area (Å²) in [6.45, 7) is 8.67. The first-order valence-corrected chi connectivity index (χ1v) is 6.25. The van der Waals surface area contributed by atoms with Crippen molar-refractivity contribution in [1.82, 2.24) is 5.32 Å². The van der Waals surface area contributed by atoms with Crippen LogP contribution in [0.2, 0.25) is 5.02 Å². The Kier molecular flexibility index (Phi) is 5.66. The molecule has 0 bridgehead atoms. The van der Waals surface area contributed by atoms with Crippen LogP contribution >= 0.6 is 11.6 Å². The summed E-state index contributed by atoms with van der Waals surface area (Å²) in [6.07, 6.45) is 1.71. The first-order chi connectivity index (χ1) is 8.04. The van der Waals surface area contributed by atoms with Crippen LogP contribution in [-0.2, 0) is 0 Å². The summed E-state index contributed by atoms with van der Waals surface area (Å²) in [5.74, 6) is -0.206. The standard InChI is InChI=1S/C14H19ClFN/c1-4-17-14(8-5-10(2)3)12-9-11(15)6-7-13(12)16/h6-7,9,14,17H,2,4-5,8H2,1,3H3. The molecule has 1 N–H and O–H groups in total. The molecule has 0 heterocycles. The molecule has 0 aromatic heterocycles. The topological polar surface area (TPSA) is 12.0 Å². The fourth-order valence-electron chi connectivity index (χ4n) is 1.79. The third-order valence-corrected chi connectivity index (χ3v) is 2.88. The number of rotatable bonds is 6. The van der Waals surface area contributed by atoms with Gasteiger partial charge in [0.05, 0.1) is 0 Å². The van der Waals surface area contributed by atoms with Crippen molar-refractivity contribution in [3.63, 3.8) is 0 Å². The lowest BCUT2D eigenvalue weighted by Gasteiger charge is -2.19. The highest BCUT2D eigenvalue weighted by Gasteiger charge is 2.15. The fraction of sp³-hybridized carbons (Fsp3) is 0.429. The van der Waals surface area contributed by atoms with Crippen LogP contribution in [0.4, 0.5) is 4.39 Å². The normalized spacial score (nSPS) is 12.5. The third-order valence-electron chi connectivity index (χ3n) is 2.64. The van der Waals surface area contributed by atoms with Gasteiger partial charge in [-0.1, -0.05) is 24.1 Å². The van der Waals surface area contributed by atoms with Gasteiger partial charge in [-0.05, 0) is 44.5 Å². The molecule has 0 spiro atoms. The largest absolute Gasteiger partial charge is 0.310 e. The Labute approximate surface area is 108 Å². The number of hydrogen-bond donors (Lipinski definition) is 1. The van der Waals surface area contributed by atoms with E-state index in [1.54, 1.807) is 12.1 Å². The number of nitrogens with one attached hydrogen (secondary N) is 1. The summed E-state index contributed by atoms with van der Waals surface area (Å²) in [4.78, 5) is 0. The molecule has 1 rings (SSSR count). The van der Waals surface area contributed by atoms with E-state index in [0.717, 1.165) is 25.0 Å². The molecule has 1 aromatic carbocycles. The third kappa shape index (κ3) is 4.49. The zero-order valence-electron chi connectivity index (χ0n) is 10.4. The fourth-order valence-corrected chi connectivity index (χ4v) is 1.97. The summed E-state index contributed by atoms with van der Waals surface area (Å²) in [5, 5.41) is 3.85. The lowest BCUT2D eigenvalue weighted by Crippen LogP contribution is -2.22. The smallest absolute Gasteiger partial charge is 0.128 e. The lowest BCUT2D eigenvalue weighted by molar-refractivity contribution is 0.485. The van der Waals surface area contributed by atoms with E-state index < -0.39 is 0 Å². The molecule has 0 saturated carbocycles. The van der Waals surface area contributed by atoms with Crippen LogP contribution in [0.15, 0.2) is 30.4 Å². The summed E-state index contributed by atoms with van der Waals surface area (Å²) >= 11 is 5.91. The Hall–Kier alpha value is -0.860. The van der Waals surface area contributed by atoms with Crippen LogP contribution < -0.4 is 5.32 Å². The molecular weight excluding hydrogens is 237 g/mol. The van der Waals surface area contributed by atoms with Gasteiger partial charge in [-0.2, -0.15) is 0 Å². The predicted molar refractivity (Wildman–Crippen MR) is 71.9 cm³/mol. The van der Waals surface area contributed by atoms with E-state index >= 15 is 0 Å². The van der Waals surface area contributed by atoms with Gasteiger partial charge in [0, 0.05) is 16.6 Å². The maximum atomic E-state index is 13.7. The van der Waals surface area contributed by atoms with E-state index in [1.807, 2.05) is 13.8 Å². The van der Waals surface area contributed by atoms with E-state index in [1.165, 1.54) is 6.07 Å². The monoisotopic (exact) mass is 255 g/mol. The van der Waals surface area contributed by atoms with Crippen LogP contribution in [0.25, 0.3) is 0 Å². The minimum Gasteiger partial charge on any atom is -0.310 e. The van der Waals surface area contributed by atoms with Gasteiger partial charge in [0.25, 0.3) is 0 Å². The highest BCUT2D eigenvalue weighted by atomic mass is 35.5. The van der Waals surface area contributed by atoms with Crippen molar-refractivity contribution in [3.05, 3.63) is 46.8 Å². The van der Waals surface area contributed by atoms with E-state index in [4.69, 9.17) is 11.6 Å². The van der Waals surface area contributed by atoms with Crippen molar-refractivity contribution in [2.75, 3.05) is 6.54 Å². The van der Waals surface area contributed by atoms with Crippen LogP contribution in [-0.4, -0.2) is 6.54 Å². The zero-order valence-corrected chi connectivity index (χ0v) is 11.1. The van der Waals surface area contributed by atoms with Crippen LogP contribution in [0, 0.1) is 5.82 Å². The van der Waals surface area contributed by atoms with Gasteiger partial charge in [0.15, 0.2) is 0 Å². The second-order valence-corrected chi connectivity index (χ2v) is 4.71. The molecule has 0 amide bonds. The zero-order chi connectivity index (χ0) is 12.8. The Morgan fingerprint density at radius 1 is 1.53 bits per heavy atom. The molecule has 0 aliphatic heterocycles. The first kappa shape index (κ1) is 14.2. The average Bonchev–Trinajstić information content (AvgIpc) is 2.27. The van der Waals surface area contributed by atoms with Crippen molar-refractivity contribution in [2.24, 2.45) is 0 Å². The first-order valence-electron chi connectivity index (χ1n) is 5.87. The van der Waals surface area contributed by atoms with E-state index in [2.05, 4.69) is 11.9 Å². The lowest BCUT2D eigenvalue weighted by atomic mass is 9.99. The van der Waals surface area contributed by atoms with E-state index in [0.29, 0.717) is 10.6 Å². The number of hydrogen-bond acceptors (Lipinski definition) is 1. The Morgan fingerprint density at radius 3 is 2.82 bits per heavy atom. The Morgan fingerprint density at radius 2 is 2.24 bits per heavy atom. The molecule has 17 heavy (non-hydrogen) atoms. The molecule has 0 aliphatic rings. The number of allylic oxidation sites excluding steroid dienone is 1. The number of halogens is 2. The second-order valence-electron chi connectivity index (χ2n) is 4.27. The molecule has 3 heteroatoms. The highest BCUT2D eigenvalue weighted by molar-refractivity contribution is 6.30. The van der Waals surface area contributed by atoms with Gasteiger partial charge in [-0.3, -0.25) is 0 Å². The van der Waals surface area contributed by atoms with Crippen molar-refractivity contribution < 1.29 is 4.39 Å². The molecule has 1 aromatic rings. The molecule has 1 unspecified atom stereocenters. The van der Waals surface area contributed by atoms with Crippen molar-refractivity contribution in [3.8, 4) is 0 Å². The van der Waals surface area contributed by atoms with Gasteiger partial charge in [-0.15, -0.1) is 6.58 Å². The maximum Gasteiger partial charge on any atom is 0.128 e. The van der Waals surface area contributed by atoms with Gasteiger partial charge in [0.2, 0.25) is 0 Å². The van der Waals surface area contributed by atoms with Crippen LogP contribution in [0.3, 0.4) is 0 Å². The summed E-state index contributed by atoms with van der Waals surface area (Å²) < 4.78 is 13.7. The van der Waals surface area contributed by atoms with Gasteiger partial charge >= 0.3 is 0 Å². The highest BCUT2D eigenvalue weighted by Crippen LogP contribution is 2.25. The predicted octanol–water partition coefficient (Wildman–Crippen LogP) is 4.49. The summed E-state index contributed by atoms with van der Waals surface area (Å²) in [5.41, 5.74) is 1.75. The Balaban J connectivity index is 2.87. The molecule has 0 aliphatic carbocycles. The molecule has 1 nitrogen and oxygen atoms in total. The Bertz CT molecular complexity index is 390. The van der Waals surface area contributed by atoms with Crippen LogP contribution in [0.5, 0.6) is 0 Å². The maximum absolute atomic E-state index is 13.7. The molecular formula is C14H19ClFN. The van der Waals surface area contributed by atoms with Crippen molar-refractivity contribution >= 4 is 11.6 Å². The molecule has 0 saturated heterocycles. The van der Waals surface area contributed by atoms with Gasteiger partial charge < -0.3 is 5.32 Å². The molecule has 0 fully saturated rings. The minimum atomic E-state index is -0.206. The van der Waals surface area contributed by atoms with Crippen LogP contribution in [0.1, 0.15) is 38.3 Å².